The third-order valence-corrected chi connectivity index (χ3v) is 1.27. The fraction of sp³-hybridized carbons (Fsp3) is 0.143. The van der Waals surface area contributed by atoms with Crippen LogP contribution >= 0.6 is 0 Å². The topological polar surface area (TPSA) is 29.5 Å². The van der Waals surface area contributed by atoms with Gasteiger partial charge < -0.3 is 9.76 Å². The Bertz CT molecular complexity index is 190. The Morgan fingerprint density at radius 3 is 3.00 bits per heavy atom. The summed E-state index contributed by atoms with van der Waals surface area (Å²) in [6.45, 7) is 0. The van der Waals surface area contributed by atoms with Gasteiger partial charge in [0.2, 0.25) is 0 Å². The van der Waals surface area contributed by atoms with E-state index in [1.165, 1.54) is 0 Å². The minimum Gasteiger partial charge on any atom is -0.497 e. The monoisotopic (exact) mass is 135 g/mol. The fourth-order valence-corrected chi connectivity index (χ4v) is 0.771. The molecule has 1 N–H and O–H groups in total. The van der Waals surface area contributed by atoms with Crippen molar-refractivity contribution in [2.75, 3.05) is 7.11 Å². The molecule has 0 saturated carbocycles. The van der Waals surface area contributed by atoms with E-state index in [2.05, 4.69) is 6.07 Å². The van der Waals surface area contributed by atoms with Crippen LogP contribution in [0.5, 0.6) is 5.75 Å². The van der Waals surface area contributed by atoms with E-state index in [1.807, 2.05) is 6.07 Å². The summed E-state index contributed by atoms with van der Waals surface area (Å²) >= 11 is 0. The number of rotatable bonds is 2. The lowest BCUT2D eigenvalue weighted by atomic mass is 9.88. The Balaban J connectivity index is 2.96. The molecule has 0 amide bonds. The molecule has 0 saturated heterocycles. The van der Waals surface area contributed by atoms with Crippen LogP contribution in [0.25, 0.3) is 0 Å². The van der Waals surface area contributed by atoms with Gasteiger partial charge in [-0.15, -0.1) is 0 Å². The van der Waals surface area contributed by atoms with E-state index < -0.39 is 0 Å². The van der Waals surface area contributed by atoms with Gasteiger partial charge in [-0.25, -0.2) is 0 Å². The molecule has 0 fully saturated rings. The van der Waals surface area contributed by atoms with Crippen molar-refractivity contribution in [3.63, 3.8) is 0 Å². The number of ether oxygens (including phenoxy) is 1. The van der Waals surface area contributed by atoms with Crippen LogP contribution in [0, 0.1) is 6.07 Å². The van der Waals surface area contributed by atoms with Gasteiger partial charge in [-0.3, -0.25) is 0 Å². The van der Waals surface area contributed by atoms with E-state index in [9.17, 15) is 0 Å². The molecule has 0 unspecified atom stereocenters. The summed E-state index contributed by atoms with van der Waals surface area (Å²) < 4.78 is 4.92. The molecule has 1 radical (unpaired) electrons. The van der Waals surface area contributed by atoms with Crippen molar-refractivity contribution in [3.05, 3.63) is 24.3 Å². The molecule has 0 aliphatic rings. The van der Waals surface area contributed by atoms with Crippen LogP contribution in [0.15, 0.2) is 18.2 Å². The van der Waals surface area contributed by atoms with Crippen LogP contribution in [0.2, 0.25) is 0 Å². The summed E-state index contributed by atoms with van der Waals surface area (Å²) in [5, 5.41) is 8.75. The van der Waals surface area contributed by atoms with Crippen molar-refractivity contribution in [2.45, 2.75) is 0 Å². The highest BCUT2D eigenvalue weighted by Gasteiger charge is 1.99. The summed E-state index contributed by atoms with van der Waals surface area (Å²) in [5.41, 5.74) is 0.769. The summed E-state index contributed by atoms with van der Waals surface area (Å²) in [7, 11) is 1.56. The van der Waals surface area contributed by atoms with Crippen LogP contribution < -0.4 is 10.2 Å². The van der Waals surface area contributed by atoms with Crippen LogP contribution in [-0.4, -0.2) is 19.6 Å². The van der Waals surface area contributed by atoms with E-state index in [0.29, 0.717) is 5.75 Å². The minimum atomic E-state index is 0.000509. The quantitative estimate of drug-likeness (QED) is 0.552. The molecule has 51 valence electrons. The van der Waals surface area contributed by atoms with E-state index >= 15 is 0 Å². The Hall–Kier alpha value is -0.955. The van der Waals surface area contributed by atoms with Crippen molar-refractivity contribution >= 4 is 12.9 Å². The van der Waals surface area contributed by atoms with Crippen LogP contribution in [0.3, 0.4) is 0 Å². The van der Waals surface area contributed by atoms with Crippen molar-refractivity contribution in [2.24, 2.45) is 0 Å². The maximum Gasteiger partial charge on any atom is 0.308 e. The van der Waals surface area contributed by atoms with Gasteiger partial charge in [0.05, 0.1) is 7.11 Å². The van der Waals surface area contributed by atoms with E-state index in [0.717, 1.165) is 5.46 Å². The Labute approximate surface area is 60.7 Å². The Morgan fingerprint density at radius 1 is 1.70 bits per heavy atom. The number of benzene rings is 1. The van der Waals surface area contributed by atoms with Crippen LogP contribution in [0.1, 0.15) is 0 Å². The zero-order chi connectivity index (χ0) is 7.40. The van der Waals surface area contributed by atoms with Gasteiger partial charge in [-0.05, 0) is 5.46 Å². The lowest BCUT2D eigenvalue weighted by Gasteiger charge is -2.01. The molecule has 3 heteroatoms. The molecule has 0 aliphatic carbocycles. The number of hydrogen-bond acceptors (Lipinski definition) is 2. The molecule has 0 atom stereocenters. The second-order valence-corrected chi connectivity index (χ2v) is 1.89. The van der Waals surface area contributed by atoms with Crippen molar-refractivity contribution < 1.29 is 9.76 Å². The summed E-state index contributed by atoms with van der Waals surface area (Å²) in [6, 6.07) is 8.22. The molecule has 0 aliphatic heterocycles. The number of para-hydroxylation sites is 1. The lowest BCUT2D eigenvalue weighted by molar-refractivity contribution is 0.416. The van der Waals surface area contributed by atoms with Crippen LogP contribution in [0.4, 0.5) is 0 Å². The van der Waals surface area contributed by atoms with Gasteiger partial charge in [0.25, 0.3) is 0 Å². The molecule has 10 heavy (non-hydrogen) atoms. The van der Waals surface area contributed by atoms with E-state index in [-0.39, 0.29) is 7.48 Å². The third-order valence-electron chi connectivity index (χ3n) is 1.27. The zero-order valence-electron chi connectivity index (χ0n) is 5.79. The lowest BCUT2D eigenvalue weighted by Crippen LogP contribution is -2.15. The van der Waals surface area contributed by atoms with Crippen molar-refractivity contribution in [1.82, 2.24) is 0 Å². The maximum absolute atomic E-state index is 8.75. The average Bonchev–Trinajstić information content (AvgIpc) is 2.04. The first-order chi connectivity index (χ1) is 4.88. The molecule has 2 nitrogen and oxygen atoms in total. The predicted molar refractivity (Wildman–Crippen MR) is 40.8 cm³/mol. The minimum absolute atomic E-state index is 0.000509. The molecule has 0 spiro atoms. The largest absolute Gasteiger partial charge is 0.497 e. The Morgan fingerprint density at radius 2 is 2.50 bits per heavy atom. The average molecular weight is 135 g/mol. The highest BCUT2D eigenvalue weighted by Crippen LogP contribution is 2.01. The summed E-state index contributed by atoms with van der Waals surface area (Å²) in [6.07, 6.45) is 0. The maximum atomic E-state index is 8.75. The molecule has 0 heterocycles. The predicted octanol–water partition coefficient (Wildman–Crippen LogP) is -0.536. The first kappa shape index (κ1) is 7.16. The van der Waals surface area contributed by atoms with Gasteiger partial charge in [0, 0.05) is 6.07 Å². The highest BCUT2D eigenvalue weighted by molar-refractivity contribution is 6.46. The normalized spacial score (nSPS) is 9.00. The molecule has 0 bridgehead atoms. The molecule has 1 rings (SSSR count). The summed E-state index contributed by atoms with van der Waals surface area (Å²) in [5.74, 6) is 0.616. The van der Waals surface area contributed by atoms with Gasteiger partial charge in [0.1, 0.15) is 5.75 Å². The van der Waals surface area contributed by atoms with Crippen LogP contribution in [-0.2, 0) is 0 Å². The summed E-state index contributed by atoms with van der Waals surface area (Å²) in [4.78, 5) is 0. The van der Waals surface area contributed by atoms with Gasteiger partial charge in [-0.1, -0.05) is 18.2 Å². The van der Waals surface area contributed by atoms with Crippen molar-refractivity contribution in [3.8, 4) is 5.75 Å². The molecule has 1 aromatic carbocycles. The molecular formula is C7H8BO2. The molecular weight excluding hydrogens is 127 g/mol. The second kappa shape index (κ2) is 3.27. The first-order valence-electron chi connectivity index (χ1n) is 3.03. The number of hydrogen-bond donors (Lipinski definition) is 1. The number of methoxy groups -OCH3 is 1. The van der Waals surface area contributed by atoms with Gasteiger partial charge >= 0.3 is 7.48 Å². The molecule has 0 aromatic heterocycles. The highest BCUT2D eigenvalue weighted by atomic mass is 16.5. The smallest absolute Gasteiger partial charge is 0.308 e. The van der Waals surface area contributed by atoms with E-state index in [4.69, 9.17) is 9.76 Å². The fourth-order valence-electron chi connectivity index (χ4n) is 0.771. The zero-order valence-corrected chi connectivity index (χ0v) is 5.79. The Kier molecular flexibility index (Phi) is 2.34. The second-order valence-electron chi connectivity index (χ2n) is 1.89. The van der Waals surface area contributed by atoms with E-state index in [1.54, 1.807) is 19.2 Å². The van der Waals surface area contributed by atoms with Gasteiger partial charge in [-0.2, -0.15) is 0 Å². The van der Waals surface area contributed by atoms with Crippen molar-refractivity contribution in [1.29, 1.82) is 0 Å². The molecule has 1 aromatic rings. The SMILES string of the molecule is COc1[c]cccc1BO. The standard InChI is InChI=1S/C7H8BO2/c1-10-7-5-3-2-4-6(7)8-9/h2-4,8-9H,1H3. The first-order valence-corrected chi connectivity index (χ1v) is 3.03. The third kappa shape index (κ3) is 1.31. The van der Waals surface area contributed by atoms with Gasteiger partial charge in [0.15, 0.2) is 0 Å².